The summed E-state index contributed by atoms with van der Waals surface area (Å²) in [7, 11) is -1.25. The molecule has 0 saturated heterocycles. The number of halogens is 3. The van der Waals surface area contributed by atoms with Gasteiger partial charge in [0.05, 0.1) is 11.3 Å². The number of benzene rings is 1. The first-order valence-electron chi connectivity index (χ1n) is 6.71. The van der Waals surface area contributed by atoms with Crippen LogP contribution in [0.2, 0.25) is 25.7 Å². The smallest absolute Gasteiger partial charge is 0.352 e. The molecule has 0 aliphatic carbocycles. The zero-order valence-electron chi connectivity index (χ0n) is 12.3. The van der Waals surface area contributed by atoms with Crippen LogP contribution in [0.5, 0.6) is 0 Å². The molecule has 1 amide bonds. The zero-order chi connectivity index (χ0) is 15.8. The molecule has 1 heterocycles. The molecule has 1 aliphatic rings. The summed E-state index contributed by atoms with van der Waals surface area (Å²) in [5.74, 6) is -4.71. The Morgan fingerprint density at radius 2 is 2.00 bits per heavy atom. The third kappa shape index (κ3) is 3.35. The fourth-order valence-corrected chi connectivity index (χ4v) is 3.42. The molecular formula is C14H18BrF2NO2Si. The van der Waals surface area contributed by atoms with Gasteiger partial charge in [-0.25, -0.2) is 0 Å². The Morgan fingerprint density at radius 1 is 1.33 bits per heavy atom. The van der Waals surface area contributed by atoms with Gasteiger partial charge < -0.3 is 4.74 Å². The normalized spacial score (nSPS) is 17.2. The minimum absolute atomic E-state index is 0.144. The Morgan fingerprint density at radius 3 is 2.62 bits per heavy atom. The molecule has 1 aromatic rings. The van der Waals surface area contributed by atoms with Gasteiger partial charge >= 0.3 is 11.8 Å². The van der Waals surface area contributed by atoms with Crippen molar-refractivity contribution in [2.45, 2.75) is 31.6 Å². The van der Waals surface area contributed by atoms with Crippen molar-refractivity contribution in [3.63, 3.8) is 0 Å². The summed E-state index contributed by atoms with van der Waals surface area (Å²) in [6, 6.07) is 5.34. The van der Waals surface area contributed by atoms with Gasteiger partial charge in [0.15, 0.2) is 0 Å². The lowest BCUT2D eigenvalue weighted by atomic mass is 10.1. The molecule has 1 aliphatic heterocycles. The molecule has 7 heteroatoms. The molecular weight excluding hydrogens is 360 g/mol. The second kappa shape index (κ2) is 5.77. The number of fused-ring (bicyclic) bond motifs is 1. The molecule has 0 unspecified atom stereocenters. The molecule has 1 aromatic carbocycles. The van der Waals surface area contributed by atoms with E-state index >= 15 is 0 Å². The minimum Gasteiger partial charge on any atom is -0.361 e. The minimum atomic E-state index is -3.48. The molecule has 0 aromatic heterocycles. The second-order valence-electron chi connectivity index (χ2n) is 6.29. The van der Waals surface area contributed by atoms with Crippen LogP contribution in [0.3, 0.4) is 0 Å². The number of para-hydroxylation sites is 1. The van der Waals surface area contributed by atoms with Crippen molar-refractivity contribution in [3.8, 4) is 0 Å². The zero-order valence-corrected chi connectivity index (χ0v) is 14.8. The average molecular weight is 378 g/mol. The van der Waals surface area contributed by atoms with Gasteiger partial charge in [-0.05, 0) is 28.0 Å². The van der Waals surface area contributed by atoms with Crippen molar-refractivity contribution in [2.75, 3.05) is 18.2 Å². The number of ether oxygens (including phenoxy) is 1. The maximum atomic E-state index is 14.0. The highest BCUT2D eigenvalue weighted by molar-refractivity contribution is 9.10. The number of amides is 1. The first-order valence-corrected chi connectivity index (χ1v) is 11.2. The molecule has 0 saturated carbocycles. The molecule has 2 rings (SSSR count). The van der Waals surface area contributed by atoms with Gasteiger partial charge in [-0.15, -0.1) is 0 Å². The van der Waals surface area contributed by atoms with Crippen LogP contribution in [0.4, 0.5) is 14.5 Å². The number of nitrogens with zero attached hydrogens (tertiary/aromatic N) is 1. The monoisotopic (exact) mass is 377 g/mol. The summed E-state index contributed by atoms with van der Waals surface area (Å²) >= 11 is 3.23. The van der Waals surface area contributed by atoms with Gasteiger partial charge in [0, 0.05) is 19.2 Å². The Hall–Kier alpha value is -0.793. The lowest BCUT2D eigenvalue weighted by Crippen LogP contribution is -2.36. The van der Waals surface area contributed by atoms with E-state index in [1.54, 1.807) is 6.07 Å². The van der Waals surface area contributed by atoms with Gasteiger partial charge in [0.1, 0.15) is 6.73 Å². The van der Waals surface area contributed by atoms with E-state index in [4.69, 9.17) is 4.74 Å². The van der Waals surface area contributed by atoms with E-state index in [2.05, 4.69) is 35.6 Å². The van der Waals surface area contributed by atoms with Crippen LogP contribution in [0.15, 0.2) is 22.7 Å². The number of hydrogen-bond acceptors (Lipinski definition) is 2. The number of anilines is 1. The van der Waals surface area contributed by atoms with Crippen LogP contribution in [0.25, 0.3) is 0 Å². The van der Waals surface area contributed by atoms with Crippen molar-refractivity contribution in [1.82, 2.24) is 0 Å². The van der Waals surface area contributed by atoms with Crippen LogP contribution in [0, 0.1) is 0 Å². The Bertz CT molecular complexity index is 560. The van der Waals surface area contributed by atoms with Gasteiger partial charge in [0.25, 0.3) is 0 Å². The molecule has 0 radical (unpaired) electrons. The third-order valence-electron chi connectivity index (χ3n) is 3.33. The summed E-state index contributed by atoms with van der Waals surface area (Å²) in [6.45, 7) is 6.95. The molecule has 0 atom stereocenters. The summed E-state index contributed by atoms with van der Waals surface area (Å²) in [6.07, 6.45) is 0. The van der Waals surface area contributed by atoms with Crippen LogP contribution in [-0.2, 0) is 15.5 Å². The third-order valence-corrected chi connectivity index (χ3v) is 5.67. The molecule has 116 valence electrons. The van der Waals surface area contributed by atoms with E-state index in [1.807, 2.05) is 0 Å². The Labute approximate surface area is 132 Å². The predicted octanol–water partition coefficient (Wildman–Crippen LogP) is 4.20. The van der Waals surface area contributed by atoms with Crippen molar-refractivity contribution in [3.05, 3.63) is 28.2 Å². The molecule has 3 nitrogen and oxygen atoms in total. The summed E-state index contributed by atoms with van der Waals surface area (Å²) in [5.41, 5.74) is -0.0591. The Kier molecular flexibility index (Phi) is 4.56. The molecule has 21 heavy (non-hydrogen) atoms. The standard InChI is InChI=1S/C14H18BrF2NO2Si/c1-21(2,3)8-7-20-9-18-12-10(5-4-6-11(12)15)14(16,17)13(18)19/h4-6H,7-9H2,1-3H3. The van der Waals surface area contributed by atoms with E-state index in [0.717, 1.165) is 10.9 Å². The maximum Gasteiger partial charge on any atom is 0.352 e. The number of alkyl halides is 2. The molecule has 0 bridgehead atoms. The van der Waals surface area contributed by atoms with Crippen LogP contribution in [0.1, 0.15) is 5.56 Å². The Balaban J connectivity index is 2.13. The quantitative estimate of drug-likeness (QED) is 0.568. The number of hydrogen-bond donors (Lipinski definition) is 0. The van der Waals surface area contributed by atoms with E-state index < -0.39 is 19.9 Å². The van der Waals surface area contributed by atoms with Crippen molar-refractivity contribution in [2.24, 2.45) is 0 Å². The molecule has 0 N–H and O–H groups in total. The predicted molar refractivity (Wildman–Crippen MR) is 84.5 cm³/mol. The second-order valence-corrected chi connectivity index (χ2v) is 12.8. The first kappa shape index (κ1) is 16.6. The van der Waals surface area contributed by atoms with Crippen molar-refractivity contribution >= 4 is 35.6 Å². The van der Waals surface area contributed by atoms with Gasteiger partial charge in [0.2, 0.25) is 0 Å². The summed E-state index contributed by atoms with van der Waals surface area (Å²) < 4.78 is 33.9. The highest BCUT2D eigenvalue weighted by atomic mass is 79.9. The van der Waals surface area contributed by atoms with Crippen LogP contribution < -0.4 is 4.90 Å². The average Bonchev–Trinajstić information content (AvgIpc) is 2.55. The van der Waals surface area contributed by atoms with E-state index in [-0.39, 0.29) is 18.0 Å². The lowest BCUT2D eigenvalue weighted by Gasteiger charge is -2.20. The number of rotatable bonds is 5. The topological polar surface area (TPSA) is 29.5 Å². The molecule has 0 spiro atoms. The largest absolute Gasteiger partial charge is 0.361 e. The van der Waals surface area contributed by atoms with Crippen molar-refractivity contribution in [1.29, 1.82) is 0 Å². The van der Waals surface area contributed by atoms with Crippen LogP contribution >= 0.6 is 15.9 Å². The van der Waals surface area contributed by atoms with Crippen LogP contribution in [-0.4, -0.2) is 27.3 Å². The fraction of sp³-hybridized carbons (Fsp3) is 0.500. The van der Waals surface area contributed by atoms with Gasteiger partial charge in [-0.3, -0.25) is 9.69 Å². The van der Waals surface area contributed by atoms with E-state index in [0.29, 0.717) is 11.1 Å². The summed E-state index contributed by atoms with van der Waals surface area (Å²) in [4.78, 5) is 12.9. The summed E-state index contributed by atoms with van der Waals surface area (Å²) in [5, 5.41) is 0. The maximum absolute atomic E-state index is 14.0. The number of carbonyl (C=O) groups is 1. The van der Waals surface area contributed by atoms with E-state index in [9.17, 15) is 13.6 Å². The lowest BCUT2D eigenvalue weighted by molar-refractivity contribution is -0.142. The molecule has 0 fully saturated rings. The number of carbonyl (C=O) groups excluding carboxylic acids is 1. The highest BCUT2D eigenvalue weighted by Crippen LogP contribution is 2.47. The first-order chi connectivity index (χ1) is 9.64. The van der Waals surface area contributed by atoms with Gasteiger partial charge in [-0.2, -0.15) is 8.78 Å². The van der Waals surface area contributed by atoms with E-state index in [1.165, 1.54) is 12.1 Å². The van der Waals surface area contributed by atoms with Gasteiger partial charge in [-0.1, -0.05) is 31.8 Å². The highest BCUT2D eigenvalue weighted by Gasteiger charge is 2.53. The SMILES string of the molecule is C[Si](C)(C)CCOCN1C(=O)C(F)(F)c2cccc(Br)c21. The fourth-order valence-electron chi connectivity index (χ4n) is 2.09. The van der Waals surface area contributed by atoms with Crippen molar-refractivity contribution < 1.29 is 18.3 Å².